The van der Waals surface area contributed by atoms with Crippen molar-refractivity contribution in [2.24, 2.45) is 5.92 Å². The van der Waals surface area contributed by atoms with Gasteiger partial charge >= 0.3 is 0 Å². The van der Waals surface area contributed by atoms with Crippen molar-refractivity contribution >= 4 is 0 Å². The Balaban J connectivity index is 2.06. The molecule has 1 aromatic rings. The second kappa shape index (κ2) is 6.67. The predicted octanol–water partition coefficient (Wildman–Crippen LogP) is 1.94. The Kier molecular flexibility index (Phi) is 4.88. The van der Waals surface area contributed by atoms with Gasteiger partial charge < -0.3 is 10.1 Å². The van der Waals surface area contributed by atoms with Gasteiger partial charge in [-0.05, 0) is 31.7 Å². The van der Waals surface area contributed by atoms with Gasteiger partial charge in [-0.1, -0.05) is 6.92 Å². The van der Waals surface area contributed by atoms with E-state index in [0.29, 0.717) is 12.0 Å². The minimum Gasteiger partial charge on any atom is -0.381 e. The molecule has 0 saturated carbocycles. The lowest BCUT2D eigenvalue weighted by Gasteiger charge is -2.31. The second-order valence-corrected chi connectivity index (χ2v) is 4.55. The van der Waals surface area contributed by atoms with E-state index < -0.39 is 0 Å². The molecule has 1 unspecified atom stereocenters. The van der Waals surface area contributed by atoms with Crippen molar-refractivity contribution in [3.63, 3.8) is 0 Å². The molecule has 1 fully saturated rings. The molecule has 4 nitrogen and oxygen atoms in total. The molecule has 17 heavy (non-hydrogen) atoms. The lowest BCUT2D eigenvalue weighted by atomic mass is 9.88. The molecule has 0 spiro atoms. The van der Waals surface area contributed by atoms with Gasteiger partial charge in [-0.2, -0.15) is 0 Å². The molecule has 1 aliphatic heterocycles. The molecule has 4 heteroatoms. The first kappa shape index (κ1) is 12.5. The average Bonchev–Trinajstić information content (AvgIpc) is 2.42. The summed E-state index contributed by atoms with van der Waals surface area (Å²) in [5, 5.41) is 3.62. The van der Waals surface area contributed by atoms with E-state index in [4.69, 9.17) is 4.74 Å². The lowest BCUT2D eigenvalue weighted by molar-refractivity contribution is 0.0535. The molecular formula is C13H21N3O. The van der Waals surface area contributed by atoms with Crippen LogP contribution in [0.2, 0.25) is 0 Å². The van der Waals surface area contributed by atoms with Crippen LogP contribution in [0.1, 0.15) is 37.8 Å². The van der Waals surface area contributed by atoms with Gasteiger partial charge in [0.15, 0.2) is 0 Å². The number of hydrogen-bond acceptors (Lipinski definition) is 4. The van der Waals surface area contributed by atoms with Gasteiger partial charge in [0.25, 0.3) is 0 Å². The quantitative estimate of drug-likeness (QED) is 0.847. The van der Waals surface area contributed by atoms with E-state index in [1.54, 1.807) is 6.33 Å². The average molecular weight is 235 g/mol. The summed E-state index contributed by atoms with van der Waals surface area (Å²) >= 11 is 0. The maximum atomic E-state index is 5.43. The van der Waals surface area contributed by atoms with Crippen molar-refractivity contribution < 1.29 is 4.74 Å². The third kappa shape index (κ3) is 3.48. The van der Waals surface area contributed by atoms with Crippen molar-refractivity contribution in [1.29, 1.82) is 0 Å². The normalized spacial score (nSPS) is 19.1. The summed E-state index contributed by atoms with van der Waals surface area (Å²) in [5.41, 5.74) is 1.20. The molecular weight excluding hydrogens is 214 g/mol. The summed E-state index contributed by atoms with van der Waals surface area (Å²) in [4.78, 5) is 8.25. The van der Waals surface area contributed by atoms with Gasteiger partial charge in [0, 0.05) is 37.2 Å². The Morgan fingerprint density at radius 1 is 1.35 bits per heavy atom. The third-order valence-corrected chi connectivity index (χ3v) is 3.29. The van der Waals surface area contributed by atoms with Crippen LogP contribution in [0.5, 0.6) is 0 Å². The number of ether oxygens (including phenoxy) is 1. The van der Waals surface area contributed by atoms with Gasteiger partial charge in [0.05, 0.1) is 0 Å². The summed E-state index contributed by atoms with van der Waals surface area (Å²) in [5.74, 6) is 0.640. The number of aromatic nitrogens is 2. The van der Waals surface area contributed by atoms with E-state index in [0.717, 1.165) is 39.0 Å². The van der Waals surface area contributed by atoms with E-state index in [1.807, 2.05) is 12.4 Å². The SMILES string of the molecule is CCCNC(c1cncnc1)C1CCOCC1. The van der Waals surface area contributed by atoms with Gasteiger partial charge in [0.1, 0.15) is 6.33 Å². The summed E-state index contributed by atoms with van der Waals surface area (Å²) in [6, 6.07) is 0.375. The van der Waals surface area contributed by atoms with E-state index in [9.17, 15) is 0 Å². The van der Waals surface area contributed by atoms with Crippen molar-refractivity contribution in [3.8, 4) is 0 Å². The van der Waals surface area contributed by atoms with Crippen molar-refractivity contribution in [2.75, 3.05) is 19.8 Å². The zero-order valence-corrected chi connectivity index (χ0v) is 10.4. The predicted molar refractivity (Wildman–Crippen MR) is 66.6 cm³/mol. The van der Waals surface area contributed by atoms with Crippen molar-refractivity contribution in [1.82, 2.24) is 15.3 Å². The first-order valence-corrected chi connectivity index (χ1v) is 6.48. The molecule has 0 radical (unpaired) electrons. The highest BCUT2D eigenvalue weighted by Gasteiger charge is 2.25. The number of nitrogens with zero attached hydrogens (tertiary/aromatic N) is 2. The first-order chi connectivity index (χ1) is 8.42. The fourth-order valence-electron chi connectivity index (χ4n) is 2.38. The smallest absolute Gasteiger partial charge is 0.115 e. The Bertz CT molecular complexity index is 312. The van der Waals surface area contributed by atoms with Crippen LogP contribution in [0.15, 0.2) is 18.7 Å². The molecule has 0 bridgehead atoms. The molecule has 94 valence electrons. The summed E-state index contributed by atoms with van der Waals surface area (Å²) in [6.45, 7) is 4.98. The maximum absolute atomic E-state index is 5.43. The first-order valence-electron chi connectivity index (χ1n) is 6.48. The van der Waals surface area contributed by atoms with Crippen LogP contribution in [0.25, 0.3) is 0 Å². The third-order valence-electron chi connectivity index (χ3n) is 3.29. The van der Waals surface area contributed by atoms with E-state index >= 15 is 0 Å². The van der Waals surface area contributed by atoms with Gasteiger partial charge in [-0.3, -0.25) is 0 Å². The summed E-state index contributed by atoms with van der Waals surface area (Å²) in [6.07, 6.45) is 8.83. The molecule has 0 aromatic carbocycles. The number of hydrogen-bond donors (Lipinski definition) is 1. The Morgan fingerprint density at radius 2 is 2.06 bits per heavy atom. The lowest BCUT2D eigenvalue weighted by Crippen LogP contribution is -2.32. The number of rotatable bonds is 5. The summed E-state index contributed by atoms with van der Waals surface area (Å²) < 4.78 is 5.43. The monoisotopic (exact) mass is 235 g/mol. The van der Waals surface area contributed by atoms with Crippen LogP contribution in [0.4, 0.5) is 0 Å². The highest BCUT2D eigenvalue weighted by Crippen LogP contribution is 2.29. The van der Waals surface area contributed by atoms with Crippen LogP contribution in [-0.4, -0.2) is 29.7 Å². The van der Waals surface area contributed by atoms with Crippen LogP contribution < -0.4 is 5.32 Å². The van der Waals surface area contributed by atoms with E-state index in [1.165, 1.54) is 5.56 Å². The van der Waals surface area contributed by atoms with Crippen LogP contribution in [-0.2, 0) is 4.74 Å². The zero-order chi connectivity index (χ0) is 11.9. The topological polar surface area (TPSA) is 47.0 Å². The van der Waals surface area contributed by atoms with Crippen LogP contribution in [0.3, 0.4) is 0 Å². The maximum Gasteiger partial charge on any atom is 0.115 e. The standard InChI is InChI=1S/C13H21N3O/c1-2-5-16-13(11-3-6-17-7-4-11)12-8-14-10-15-9-12/h8-11,13,16H,2-7H2,1H3. The Labute approximate surface area is 103 Å². The molecule has 2 heterocycles. The van der Waals surface area contributed by atoms with E-state index in [-0.39, 0.29) is 0 Å². The Hall–Kier alpha value is -1.00. The summed E-state index contributed by atoms with van der Waals surface area (Å²) in [7, 11) is 0. The largest absolute Gasteiger partial charge is 0.381 e. The van der Waals surface area contributed by atoms with Crippen molar-refractivity contribution in [3.05, 3.63) is 24.3 Å². The minimum absolute atomic E-state index is 0.375. The molecule has 1 aromatic heterocycles. The Morgan fingerprint density at radius 3 is 2.71 bits per heavy atom. The van der Waals surface area contributed by atoms with Gasteiger partial charge in [-0.15, -0.1) is 0 Å². The molecule has 0 aliphatic carbocycles. The minimum atomic E-state index is 0.375. The van der Waals surface area contributed by atoms with Crippen molar-refractivity contribution in [2.45, 2.75) is 32.2 Å². The van der Waals surface area contributed by atoms with Gasteiger partial charge in [-0.25, -0.2) is 9.97 Å². The highest BCUT2D eigenvalue weighted by molar-refractivity contribution is 5.11. The molecule has 0 amide bonds. The second-order valence-electron chi connectivity index (χ2n) is 4.55. The fourth-order valence-corrected chi connectivity index (χ4v) is 2.38. The zero-order valence-electron chi connectivity index (χ0n) is 10.4. The number of nitrogens with one attached hydrogen (secondary N) is 1. The molecule has 1 saturated heterocycles. The van der Waals surface area contributed by atoms with Crippen LogP contribution >= 0.6 is 0 Å². The molecule has 1 aliphatic rings. The molecule has 1 atom stereocenters. The van der Waals surface area contributed by atoms with Crippen LogP contribution in [0, 0.1) is 5.92 Å². The van der Waals surface area contributed by atoms with Gasteiger partial charge in [0.2, 0.25) is 0 Å². The molecule has 2 rings (SSSR count). The molecule has 1 N–H and O–H groups in total. The highest BCUT2D eigenvalue weighted by atomic mass is 16.5. The van der Waals surface area contributed by atoms with E-state index in [2.05, 4.69) is 22.2 Å². The fraction of sp³-hybridized carbons (Fsp3) is 0.692.